The molecule has 0 atom stereocenters. The average Bonchev–Trinajstić information content (AvgIpc) is 2.43. The fourth-order valence-electron chi connectivity index (χ4n) is 1.43. The summed E-state index contributed by atoms with van der Waals surface area (Å²) in [6.07, 6.45) is 0.114. The standard InChI is InChI=1S/C11H15N3O5/c1-13(7-6-10(15)19-3)11-8(14(16)17)4-5-9(12-11)18-2/h4-5H,6-7H2,1-3H3. The van der Waals surface area contributed by atoms with E-state index in [0.29, 0.717) is 0 Å². The van der Waals surface area contributed by atoms with Crippen LogP contribution in [0.5, 0.6) is 5.88 Å². The van der Waals surface area contributed by atoms with Crippen molar-refractivity contribution >= 4 is 17.5 Å². The number of hydrogen-bond donors (Lipinski definition) is 0. The summed E-state index contributed by atoms with van der Waals surface area (Å²) in [6.45, 7) is 0.258. The van der Waals surface area contributed by atoms with Crippen LogP contribution in [-0.4, -0.2) is 43.7 Å². The summed E-state index contributed by atoms with van der Waals surface area (Å²) in [7, 11) is 4.32. The molecule has 0 fully saturated rings. The fraction of sp³-hybridized carbons (Fsp3) is 0.455. The third-order valence-corrected chi connectivity index (χ3v) is 2.48. The molecule has 0 unspecified atom stereocenters. The average molecular weight is 269 g/mol. The zero-order valence-corrected chi connectivity index (χ0v) is 11.0. The summed E-state index contributed by atoms with van der Waals surface area (Å²) < 4.78 is 9.45. The van der Waals surface area contributed by atoms with E-state index in [1.165, 1.54) is 31.3 Å². The van der Waals surface area contributed by atoms with E-state index in [2.05, 4.69) is 9.72 Å². The highest BCUT2D eigenvalue weighted by molar-refractivity contribution is 5.70. The number of anilines is 1. The van der Waals surface area contributed by atoms with Gasteiger partial charge in [-0.2, -0.15) is 4.98 Å². The Kier molecular flexibility index (Phi) is 5.04. The number of methoxy groups -OCH3 is 2. The second-order valence-corrected chi connectivity index (χ2v) is 3.70. The van der Waals surface area contributed by atoms with E-state index in [1.807, 2.05) is 0 Å². The largest absolute Gasteiger partial charge is 0.481 e. The van der Waals surface area contributed by atoms with E-state index in [9.17, 15) is 14.9 Å². The Morgan fingerprint density at radius 2 is 2.16 bits per heavy atom. The third-order valence-electron chi connectivity index (χ3n) is 2.48. The highest BCUT2D eigenvalue weighted by Crippen LogP contribution is 2.27. The van der Waals surface area contributed by atoms with Crippen LogP contribution in [0.4, 0.5) is 11.5 Å². The zero-order valence-electron chi connectivity index (χ0n) is 11.0. The van der Waals surface area contributed by atoms with Gasteiger partial charge in [0.25, 0.3) is 0 Å². The van der Waals surface area contributed by atoms with Crippen LogP contribution in [0.25, 0.3) is 0 Å². The molecule has 0 N–H and O–H groups in total. The number of hydrogen-bond acceptors (Lipinski definition) is 7. The van der Waals surface area contributed by atoms with Crippen molar-refractivity contribution < 1.29 is 19.2 Å². The van der Waals surface area contributed by atoms with Crippen LogP contribution in [0.15, 0.2) is 12.1 Å². The molecule has 8 nitrogen and oxygen atoms in total. The van der Waals surface area contributed by atoms with Crippen LogP contribution >= 0.6 is 0 Å². The van der Waals surface area contributed by atoms with Crippen molar-refractivity contribution in [2.75, 3.05) is 32.7 Å². The third kappa shape index (κ3) is 3.80. The highest BCUT2D eigenvalue weighted by atomic mass is 16.6. The van der Waals surface area contributed by atoms with Gasteiger partial charge in [-0.25, -0.2) is 0 Å². The van der Waals surface area contributed by atoms with E-state index in [4.69, 9.17) is 4.74 Å². The summed E-state index contributed by atoms with van der Waals surface area (Å²) in [6, 6.07) is 2.73. The lowest BCUT2D eigenvalue weighted by Crippen LogP contribution is -2.23. The first kappa shape index (κ1) is 14.7. The van der Waals surface area contributed by atoms with E-state index in [-0.39, 0.29) is 30.4 Å². The molecule has 19 heavy (non-hydrogen) atoms. The molecule has 0 saturated heterocycles. The molecule has 8 heteroatoms. The lowest BCUT2D eigenvalue weighted by atomic mass is 10.3. The van der Waals surface area contributed by atoms with E-state index >= 15 is 0 Å². The number of nitro groups is 1. The van der Waals surface area contributed by atoms with Crippen molar-refractivity contribution in [1.82, 2.24) is 4.98 Å². The Bertz CT molecular complexity index is 477. The monoisotopic (exact) mass is 269 g/mol. The number of carbonyl (C=O) groups excluding carboxylic acids is 1. The number of ether oxygens (including phenoxy) is 2. The molecule has 0 radical (unpaired) electrons. The van der Waals surface area contributed by atoms with Crippen LogP contribution in [0.3, 0.4) is 0 Å². The molecule has 0 amide bonds. The van der Waals surface area contributed by atoms with E-state index < -0.39 is 10.9 Å². The van der Waals surface area contributed by atoms with Crippen LogP contribution < -0.4 is 9.64 Å². The van der Waals surface area contributed by atoms with Gasteiger partial charge in [0.15, 0.2) is 0 Å². The van der Waals surface area contributed by atoms with Crippen molar-refractivity contribution in [3.63, 3.8) is 0 Å². The maximum atomic E-state index is 11.1. The van der Waals surface area contributed by atoms with Gasteiger partial charge < -0.3 is 14.4 Å². The summed E-state index contributed by atoms with van der Waals surface area (Å²) >= 11 is 0. The van der Waals surface area contributed by atoms with Gasteiger partial charge >= 0.3 is 11.7 Å². The highest BCUT2D eigenvalue weighted by Gasteiger charge is 2.20. The number of carbonyl (C=O) groups is 1. The summed E-state index contributed by atoms with van der Waals surface area (Å²) in [5.74, 6) is 0.0242. The molecule has 1 heterocycles. The molecule has 104 valence electrons. The minimum Gasteiger partial charge on any atom is -0.481 e. The zero-order chi connectivity index (χ0) is 14.4. The summed E-state index contributed by atoms with van der Waals surface area (Å²) in [4.78, 5) is 27.0. The number of rotatable bonds is 6. The molecule has 0 aliphatic carbocycles. The molecular formula is C11H15N3O5. The Hall–Kier alpha value is -2.38. The van der Waals surface area contributed by atoms with Gasteiger partial charge in [-0.3, -0.25) is 14.9 Å². The van der Waals surface area contributed by atoms with Crippen molar-refractivity contribution in [3.05, 3.63) is 22.2 Å². The van der Waals surface area contributed by atoms with Gasteiger partial charge in [-0.05, 0) is 0 Å². The van der Waals surface area contributed by atoms with Gasteiger partial charge in [0.05, 0.1) is 25.6 Å². The SMILES string of the molecule is COC(=O)CCN(C)c1nc(OC)ccc1[N+](=O)[O-]. The normalized spacial score (nSPS) is 9.84. The van der Waals surface area contributed by atoms with Crippen molar-refractivity contribution in [2.45, 2.75) is 6.42 Å². The first-order valence-corrected chi connectivity index (χ1v) is 5.47. The van der Waals surface area contributed by atoms with Crippen molar-refractivity contribution in [1.29, 1.82) is 0 Å². The molecule has 0 aromatic carbocycles. The molecule has 0 bridgehead atoms. The molecule has 0 aliphatic rings. The minimum atomic E-state index is -0.531. The molecule has 0 saturated carbocycles. The topological polar surface area (TPSA) is 94.8 Å². The van der Waals surface area contributed by atoms with Crippen LogP contribution in [0.1, 0.15) is 6.42 Å². The molecule has 1 aromatic rings. The number of esters is 1. The van der Waals surface area contributed by atoms with Gasteiger partial charge in [-0.1, -0.05) is 0 Å². The Morgan fingerprint density at radius 1 is 1.47 bits per heavy atom. The maximum absolute atomic E-state index is 11.1. The van der Waals surface area contributed by atoms with Crippen LogP contribution in [0.2, 0.25) is 0 Å². The number of pyridine rings is 1. The lowest BCUT2D eigenvalue weighted by Gasteiger charge is -2.17. The second-order valence-electron chi connectivity index (χ2n) is 3.70. The summed E-state index contributed by atoms with van der Waals surface area (Å²) in [5.41, 5.74) is -0.145. The Labute approximate surface area is 110 Å². The van der Waals surface area contributed by atoms with E-state index in [1.54, 1.807) is 7.05 Å². The number of nitrogens with zero attached hydrogens (tertiary/aromatic N) is 3. The summed E-state index contributed by atoms with van der Waals surface area (Å²) in [5, 5.41) is 10.9. The van der Waals surface area contributed by atoms with Gasteiger partial charge in [-0.15, -0.1) is 0 Å². The van der Waals surface area contributed by atoms with Gasteiger partial charge in [0.1, 0.15) is 0 Å². The lowest BCUT2D eigenvalue weighted by molar-refractivity contribution is -0.384. The predicted molar refractivity (Wildman–Crippen MR) is 67.3 cm³/mol. The van der Waals surface area contributed by atoms with Gasteiger partial charge in [0.2, 0.25) is 11.7 Å². The quantitative estimate of drug-likeness (QED) is 0.432. The molecule has 0 aliphatic heterocycles. The van der Waals surface area contributed by atoms with Crippen LogP contribution in [0, 0.1) is 10.1 Å². The number of aromatic nitrogens is 1. The first-order valence-electron chi connectivity index (χ1n) is 5.47. The smallest absolute Gasteiger partial charge is 0.311 e. The molecule has 1 aromatic heterocycles. The van der Waals surface area contributed by atoms with Gasteiger partial charge in [0, 0.05) is 25.7 Å². The molecular weight excluding hydrogens is 254 g/mol. The second kappa shape index (κ2) is 6.53. The molecule has 1 rings (SSSR count). The van der Waals surface area contributed by atoms with Crippen molar-refractivity contribution in [3.8, 4) is 5.88 Å². The maximum Gasteiger partial charge on any atom is 0.311 e. The van der Waals surface area contributed by atoms with Crippen molar-refractivity contribution in [2.24, 2.45) is 0 Å². The van der Waals surface area contributed by atoms with E-state index in [0.717, 1.165) is 0 Å². The minimum absolute atomic E-state index is 0.114. The van der Waals surface area contributed by atoms with Crippen LogP contribution in [-0.2, 0) is 9.53 Å². The Balaban J connectivity index is 2.95. The molecule has 0 spiro atoms. The first-order chi connectivity index (χ1) is 8.99. The fourth-order valence-corrected chi connectivity index (χ4v) is 1.43. The Morgan fingerprint density at radius 3 is 2.68 bits per heavy atom. The predicted octanol–water partition coefficient (Wildman–Crippen LogP) is 0.998.